The SMILES string of the molecule is COC(=O)C1=C(CN2CCN(C)CC2)NC(c2nccs2)=NC1. The molecule has 1 aromatic rings. The lowest BCUT2D eigenvalue weighted by Crippen LogP contribution is -2.47. The van der Waals surface area contributed by atoms with E-state index in [9.17, 15) is 4.79 Å². The van der Waals surface area contributed by atoms with Gasteiger partial charge >= 0.3 is 5.97 Å². The van der Waals surface area contributed by atoms with Crippen molar-refractivity contribution in [2.75, 3.05) is 53.4 Å². The van der Waals surface area contributed by atoms with E-state index < -0.39 is 0 Å². The topological polar surface area (TPSA) is 70.1 Å². The van der Waals surface area contributed by atoms with Gasteiger partial charge in [0.05, 0.1) is 19.2 Å². The average Bonchev–Trinajstić information content (AvgIpc) is 3.11. The largest absolute Gasteiger partial charge is 0.466 e. The second kappa shape index (κ2) is 7.20. The summed E-state index contributed by atoms with van der Waals surface area (Å²) in [6.07, 6.45) is 1.75. The van der Waals surface area contributed by atoms with Crippen LogP contribution in [0.15, 0.2) is 27.8 Å². The number of ether oxygens (including phenoxy) is 1. The average molecular weight is 335 g/mol. The van der Waals surface area contributed by atoms with Gasteiger partial charge in [0.2, 0.25) is 0 Å². The Labute approximate surface area is 139 Å². The van der Waals surface area contributed by atoms with Crippen LogP contribution in [0.3, 0.4) is 0 Å². The van der Waals surface area contributed by atoms with Crippen molar-refractivity contribution in [1.82, 2.24) is 20.1 Å². The van der Waals surface area contributed by atoms with Gasteiger partial charge in [-0.2, -0.15) is 0 Å². The molecule has 7 nitrogen and oxygen atoms in total. The Balaban J connectivity index is 1.76. The summed E-state index contributed by atoms with van der Waals surface area (Å²) in [4.78, 5) is 25.4. The smallest absolute Gasteiger partial charge is 0.337 e. The Morgan fingerprint density at radius 2 is 2.17 bits per heavy atom. The van der Waals surface area contributed by atoms with Gasteiger partial charge < -0.3 is 15.0 Å². The first-order valence-electron chi connectivity index (χ1n) is 7.60. The number of likely N-dealkylation sites (N-methyl/N-ethyl adjacent to an activating group) is 1. The Hall–Kier alpha value is -1.77. The first-order valence-corrected chi connectivity index (χ1v) is 8.48. The van der Waals surface area contributed by atoms with Crippen LogP contribution in [0.4, 0.5) is 0 Å². The minimum atomic E-state index is -0.316. The number of methoxy groups -OCH3 is 1. The van der Waals surface area contributed by atoms with Crippen molar-refractivity contribution in [2.24, 2.45) is 4.99 Å². The summed E-state index contributed by atoms with van der Waals surface area (Å²) in [6.45, 7) is 5.07. The molecule has 1 aromatic heterocycles. The standard InChI is InChI=1S/C15H21N5O2S/c1-19-4-6-20(7-5-19)10-12-11(15(21)22-2)9-17-13(18-12)14-16-3-8-23-14/h3,8H,4-7,9-10H2,1-2H3,(H,17,18). The number of esters is 1. The fourth-order valence-corrected chi connectivity index (χ4v) is 3.25. The molecular formula is C15H21N5O2S. The number of thiazole rings is 1. The molecule has 3 rings (SSSR count). The van der Waals surface area contributed by atoms with Crippen molar-refractivity contribution in [3.05, 3.63) is 27.9 Å². The van der Waals surface area contributed by atoms with Crippen LogP contribution >= 0.6 is 11.3 Å². The summed E-state index contributed by atoms with van der Waals surface area (Å²) in [5, 5.41) is 6.05. The number of carbonyl (C=O) groups is 1. The summed E-state index contributed by atoms with van der Waals surface area (Å²) >= 11 is 1.53. The number of aliphatic imine (C=N–C) groups is 1. The van der Waals surface area contributed by atoms with E-state index in [2.05, 4.69) is 32.1 Å². The fraction of sp³-hybridized carbons (Fsp3) is 0.533. The van der Waals surface area contributed by atoms with Crippen LogP contribution in [0.25, 0.3) is 0 Å². The maximum absolute atomic E-state index is 12.0. The van der Waals surface area contributed by atoms with E-state index in [0.29, 0.717) is 18.7 Å². The number of rotatable bonds is 4. The minimum Gasteiger partial charge on any atom is -0.466 e. The van der Waals surface area contributed by atoms with E-state index >= 15 is 0 Å². The maximum atomic E-state index is 12.0. The van der Waals surface area contributed by atoms with Gasteiger partial charge in [-0.15, -0.1) is 11.3 Å². The molecule has 0 bridgehead atoms. The minimum absolute atomic E-state index is 0.316. The third-order valence-electron chi connectivity index (χ3n) is 4.07. The maximum Gasteiger partial charge on any atom is 0.337 e. The number of amidine groups is 1. The Morgan fingerprint density at radius 3 is 2.83 bits per heavy atom. The molecule has 8 heteroatoms. The third kappa shape index (κ3) is 3.77. The summed E-state index contributed by atoms with van der Waals surface area (Å²) < 4.78 is 4.91. The summed E-state index contributed by atoms with van der Waals surface area (Å²) in [5.41, 5.74) is 1.48. The summed E-state index contributed by atoms with van der Waals surface area (Å²) in [7, 11) is 3.53. The van der Waals surface area contributed by atoms with E-state index in [1.54, 1.807) is 6.20 Å². The molecule has 1 saturated heterocycles. The van der Waals surface area contributed by atoms with Crippen LogP contribution in [-0.4, -0.2) is 80.0 Å². The predicted molar refractivity (Wildman–Crippen MR) is 89.6 cm³/mol. The first kappa shape index (κ1) is 16.1. The Bertz CT molecular complexity index is 618. The molecule has 0 atom stereocenters. The van der Waals surface area contributed by atoms with Crippen LogP contribution in [0, 0.1) is 0 Å². The van der Waals surface area contributed by atoms with E-state index in [-0.39, 0.29) is 5.97 Å². The second-order valence-electron chi connectivity index (χ2n) is 5.66. The quantitative estimate of drug-likeness (QED) is 0.791. The normalized spacial score (nSPS) is 20.2. The molecule has 2 aliphatic heterocycles. The number of piperazine rings is 1. The van der Waals surface area contributed by atoms with E-state index in [1.807, 2.05) is 5.38 Å². The highest BCUT2D eigenvalue weighted by molar-refractivity contribution is 7.11. The monoisotopic (exact) mass is 335 g/mol. The number of nitrogens with zero attached hydrogens (tertiary/aromatic N) is 4. The van der Waals surface area contributed by atoms with Gasteiger partial charge in [0.1, 0.15) is 0 Å². The van der Waals surface area contributed by atoms with Crippen LogP contribution in [0.1, 0.15) is 5.01 Å². The molecule has 1 fully saturated rings. The highest BCUT2D eigenvalue weighted by Gasteiger charge is 2.25. The summed E-state index contributed by atoms with van der Waals surface area (Å²) in [5.74, 6) is 0.417. The molecule has 0 aromatic carbocycles. The second-order valence-corrected chi connectivity index (χ2v) is 6.55. The van der Waals surface area contributed by atoms with Gasteiger partial charge in [-0.3, -0.25) is 9.89 Å². The van der Waals surface area contributed by atoms with Crippen LogP contribution in [-0.2, 0) is 9.53 Å². The van der Waals surface area contributed by atoms with Crippen LogP contribution in [0.2, 0.25) is 0 Å². The van der Waals surface area contributed by atoms with Gasteiger partial charge in [0, 0.05) is 50.0 Å². The van der Waals surface area contributed by atoms with Gasteiger partial charge in [-0.1, -0.05) is 0 Å². The zero-order chi connectivity index (χ0) is 16.2. The molecular weight excluding hydrogens is 314 g/mol. The molecule has 124 valence electrons. The number of hydrogen-bond acceptors (Lipinski definition) is 8. The number of aromatic nitrogens is 1. The van der Waals surface area contributed by atoms with Crippen molar-refractivity contribution in [3.8, 4) is 0 Å². The lowest BCUT2D eigenvalue weighted by molar-refractivity contribution is -0.136. The number of hydrogen-bond donors (Lipinski definition) is 1. The van der Waals surface area contributed by atoms with E-state index in [0.717, 1.165) is 42.7 Å². The van der Waals surface area contributed by atoms with Gasteiger partial charge in [-0.05, 0) is 7.05 Å². The third-order valence-corrected chi connectivity index (χ3v) is 4.85. The molecule has 0 saturated carbocycles. The predicted octanol–water partition coefficient (Wildman–Crippen LogP) is 0.167. The lowest BCUT2D eigenvalue weighted by Gasteiger charge is -2.34. The zero-order valence-electron chi connectivity index (χ0n) is 13.4. The van der Waals surface area contributed by atoms with Gasteiger partial charge in [-0.25, -0.2) is 9.78 Å². The van der Waals surface area contributed by atoms with E-state index in [4.69, 9.17) is 4.74 Å². The Kier molecular flexibility index (Phi) is 5.04. The molecule has 23 heavy (non-hydrogen) atoms. The van der Waals surface area contributed by atoms with Gasteiger partial charge in [0.25, 0.3) is 0 Å². The molecule has 0 amide bonds. The van der Waals surface area contributed by atoms with Crippen molar-refractivity contribution < 1.29 is 9.53 Å². The molecule has 0 spiro atoms. The number of nitrogens with one attached hydrogen (secondary N) is 1. The fourth-order valence-electron chi connectivity index (χ4n) is 2.65. The van der Waals surface area contributed by atoms with Gasteiger partial charge in [0.15, 0.2) is 10.8 Å². The molecule has 1 N–H and O–H groups in total. The summed E-state index contributed by atoms with van der Waals surface area (Å²) in [6, 6.07) is 0. The van der Waals surface area contributed by atoms with Crippen molar-refractivity contribution in [1.29, 1.82) is 0 Å². The van der Waals surface area contributed by atoms with Crippen molar-refractivity contribution >= 4 is 23.1 Å². The zero-order valence-corrected chi connectivity index (χ0v) is 14.2. The van der Waals surface area contributed by atoms with Crippen LogP contribution in [0.5, 0.6) is 0 Å². The Morgan fingerprint density at radius 1 is 1.39 bits per heavy atom. The highest BCUT2D eigenvalue weighted by atomic mass is 32.1. The highest BCUT2D eigenvalue weighted by Crippen LogP contribution is 2.16. The molecule has 0 unspecified atom stereocenters. The lowest BCUT2D eigenvalue weighted by atomic mass is 10.1. The molecule has 0 aliphatic carbocycles. The molecule has 2 aliphatic rings. The molecule has 3 heterocycles. The van der Waals surface area contributed by atoms with Crippen molar-refractivity contribution in [3.63, 3.8) is 0 Å². The van der Waals surface area contributed by atoms with Crippen molar-refractivity contribution in [2.45, 2.75) is 0 Å². The molecule has 0 radical (unpaired) electrons. The van der Waals surface area contributed by atoms with Crippen LogP contribution < -0.4 is 5.32 Å². The number of carbonyl (C=O) groups excluding carboxylic acids is 1. The first-order chi connectivity index (χ1) is 11.2. The van der Waals surface area contributed by atoms with E-state index in [1.165, 1.54) is 18.4 Å².